The van der Waals surface area contributed by atoms with Crippen LogP contribution in [-0.2, 0) is 27.2 Å². The summed E-state index contributed by atoms with van der Waals surface area (Å²) < 4.78 is 14.2. The predicted molar refractivity (Wildman–Crippen MR) is 227 cm³/mol. The molecule has 10 heteroatoms. The maximum absolute atomic E-state index is 14.5. The minimum atomic E-state index is -0.0198. The van der Waals surface area contributed by atoms with Crippen molar-refractivity contribution in [3.05, 3.63) is 104 Å². The number of nitrogens with zero attached hydrogens (tertiary/aromatic N) is 4. The van der Waals surface area contributed by atoms with Crippen molar-refractivity contribution in [2.75, 3.05) is 0 Å². The highest BCUT2D eigenvalue weighted by Crippen LogP contribution is 2.45. The minimum Gasteiger partial charge on any atom is -0.343 e. The molecule has 254 valence electrons. The van der Waals surface area contributed by atoms with Gasteiger partial charge in [0.05, 0.1) is 62.9 Å². The second-order valence-electron chi connectivity index (χ2n) is 13.5. The molecule has 0 spiro atoms. The third-order valence-corrected chi connectivity index (χ3v) is 15.5. The number of aryl methyl sites for hydroxylation is 4. The van der Waals surface area contributed by atoms with Gasteiger partial charge >= 0.3 is 0 Å². The zero-order valence-electron chi connectivity index (χ0n) is 28.7. The lowest BCUT2D eigenvalue weighted by Gasteiger charge is -2.17. The SMILES string of the molecule is CCn1c2ccsc2c2sc(-c3cccc4c(=O)c5cc6c(cc5n(C)c34)c(=O)c3cccc(-c4cc5c(s4)c4sccc4n5CC)c3n6C)cc21. The fourth-order valence-corrected chi connectivity index (χ4v) is 13.2. The minimum absolute atomic E-state index is 0.0198. The first-order valence-electron chi connectivity index (χ1n) is 17.4. The fourth-order valence-electron chi connectivity index (χ4n) is 8.67. The topological polar surface area (TPSA) is 53.9 Å². The molecule has 0 saturated carbocycles. The highest BCUT2D eigenvalue weighted by Gasteiger charge is 2.22. The summed E-state index contributed by atoms with van der Waals surface area (Å²) in [6.45, 7) is 6.17. The molecular formula is C42H30N4O2S4. The average Bonchev–Trinajstić information content (AvgIpc) is 4.01. The monoisotopic (exact) mass is 750 g/mol. The van der Waals surface area contributed by atoms with Gasteiger partial charge in [-0.15, -0.1) is 45.3 Å². The van der Waals surface area contributed by atoms with E-state index < -0.39 is 0 Å². The van der Waals surface area contributed by atoms with Crippen LogP contribution in [0.2, 0.25) is 0 Å². The maximum atomic E-state index is 14.5. The summed E-state index contributed by atoms with van der Waals surface area (Å²) >= 11 is 7.14. The quantitative estimate of drug-likeness (QED) is 0.168. The van der Waals surface area contributed by atoms with Crippen LogP contribution in [0, 0.1) is 0 Å². The molecule has 0 aliphatic heterocycles. The van der Waals surface area contributed by atoms with E-state index in [1.165, 1.54) is 40.9 Å². The van der Waals surface area contributed by atoms with Crippen molar-refractivity contribution in [2.24, 2.45) is 14.1 Å². The summed E-state index contributed by atoms with van der Waals surface area (Å²) in [7, 11) is 4.04. The Morgan fingerprint density at radius 3 is 1.37 bits per heavy atom. The lowest BCUT2D eigenvalue weighted by atomic mass is 10.0. The van der Waals surface area contributed by atoms with Gasteiger partial charge in [0.15, 0.2) is 10.9 Å². The van der Waals surface area contributed by atoms with Gasteiger partial charge in [0.2, 0.25) is 0 Å². The molecule has 0 aliphatic rings. The molecular weight excluding hydrogens is 721 g/mol. The molecule has 8 heterocycles. The number of benzene rings is 3. The molecule has 0 amide bonds. The highest BCUT2D eigenvalue weighted by molar-refractivity contribution is 7.29. The largest absolute Gasteiger partial charge is 0.343 e. The molecule has 3 aromatic carbocycles. The van der Waals surface area contributed by atoms with Gasteiger partial charge in [-0.25, -0.2) is 0 Å². The predicted octanol–water partition coefficient (Wildman–Crippen LogP) is 11.5. The van der Waals surface area contributed by atoms with Gasteiger partial charge in [-0.05, 0) is 73.1 Å². The number of para-hydroxylation sites is 2. The zero-order valence-corrected chi connectivity index (χ0v) is 32.0. The smallest absolute Gasteiger partial charge is 0.197 e. The Morgan fingerprint density at radius 1 is 0.500 bits per heavy atom. The second kappa shape index (κ2) is 10.8. The van der Waals surface area contributed by atoms with E-state index in [1.807, 2.05) is 50.5 Å². The standard InChI is InChI=1S/C42H30N4O2S4/c1-5-45-27-13-15-49-39(27)41-31(45)19-33(51-41)21-9-7-11-23-35(21)43(3)29-17-26-30(18-25(29)37(23)47)44(4)36-22(10-8-12-24(36)38(26)48)34-20-32-42(52-34)40-28(14-16-50-40)46(32)6-2/h7-20H,5-6H2,1-4H3. The van der Waals surface area contributed by atoms with Crippen LogP contribution in [0.15, 0.2) is 93.1 Å². The first-order chi connectivity index (χ1) is 25.4. The Bertz CT molecular complexity index is 3230. The van der Waals surface area contributed by atoms with Crippen molar-refractivity contribution < 1.29 is 0 Å². The molecule has 11 aromatic rings. The number of thiophene rings is 4. The van der Waals surface area contributed by atoms with Crippen molar-refractivity contribution in [2.45, 2.75) is 26.9 Å². The Balaban J connectivity index is 1.16. The van der Waals surface area contributed by atoms with Gasteiger partial charge in [0, 0.05) is 69.6 Å². The van der Waals surface area contributed by atoms with Crippen LogP contribution in [0.3, 0.4) is 0 Å². The number of rotatable bonds is 4. The molecule has 0 bridgehead atoms. The lowest BCUT2D eigenvalue weighted by Crippen LogP contribution is -2.14. The number of aromatic nitrogens is 4. The van der Waals surface area contributed by atoms with Gasteiger partial charge in [-0.2, -0.15) is 0 Å². The van der Waals surface area contributed by atoms with Crippen LogP contribution in [0.25, 0.3) is 105 Å². The maximum Gasteiger partial charge on any atom is 0.197 e. The van der Waals surface area contributed by atoms with E-state index in [0.29, 0.717) is 21.5 Å². The van der Waals surface area contributed by atoms with E-state index >= 15 is 0 Å². The summed E-state index contributed by atoms with van der Waals surface area (Å²) in [4.78, 5) is 31.3. The van der Waals surface area contributed by atoms with Crippen LogP contribution in [0.5, 0.6) is 0 Å². The summed E-state index contributed by atoms with van der Waals surface area (Å²) in [6, 6.07) is 25.0. The molecule has 0 atom stereocenters. The number of hydrogen-bond donors (Lipinski definition) is 0. The van der Waals surface area contributed by atoms with Gasteiger partial charge < -0.3 is 18.3 Å². The second-order valence-corrected chi connectivity index (χ2v) is 17.4. The van der Waals surface area contributed by atoms with Crippen LogP contribution >= 0.6 is 45.3 Å². The van der Waals surface area contributed by atoms with Crippen molar-refractivity contribution >= 4 is 130 Å². The molecule has 0 aliphatic carbocycles. The van der Waals surface area contributed by atoms with Crippen LogP contribution in [0.1, 0.15) is 13.8 Å². The molecule has 0 fully saturated rings. The summed E-state index contributed by atoms with van der Waals surface area (Å²) in [5.74, 6) is 0. The van der Waals surface area contributed by atoms with Crippen LogP contribution in [0.4, 0.5) is 0 Å². The fraction of sp³-hybridized carbons (Fsp3) is 0.143. The van der Waals surface area contributed by atoms with Gasteiger partial charge in [-0.3, -0.25) is 9.59 Å². The first kappa shape index (κ1) is 30.6. The number of hydrogen-bond acceptors (Lipinski definition) is 6. The van der Waals surface area contributed by atoms with Gasteiger partial charge in [0.25, 0.3) is 0 Å². The van der Waals surface area contributed by atoms with Crippen molar-refractivity contribution in [3.8, 4) is 20.9 Å². The third kappa shape index (κ3) is 3.82. The van der Waals surface area contributed by atoms with Crippen molar-refractivity contribution in [3.63, 3.8) is 0 Å². The highest BCUT2D eigenvalue weighted by atomic mass is 32.1. The molecule has 0 saturated heterocycles. The molecule has 6 nitrogen and oxygen atoms in total. The number of fused-ring (bicyclic) bond motifs is 10. The Hall–Kier alpha value is -5.00. The summed E-state index contributed by atoms with van der Waals surface area (Å²) in [5.41, 5.74) is 10.3. The Morgan fingerprint density at radius 2 is 0.942 bits per heavy atom. The first-order valence-corrected chi connectivity index (χ1v) is 20.8. The lowest BCUT2D eigenvalue weighted by molar-refractivity contribution is 0.828. The van der Waals surface area contributed by atoms with Crippen molar-refractivity contribution in [1.82, 2.24) is 18.3 Å². The average molecular weight is 751 g/mol. The third-order valence-electron chi connectivity index (χ3n) is 11.0. The van der Waals surface area contributed by atoms with E-state index in [-0.39, 0.29) is 10.9 Å². The van der Waals surface area contributed by atoms with E-state index in [1.54, 1.807) is 45.3 Å². The van der Waals surface area contributed by atoms with Crippen molar-refractivity contribution in [1.29, 1.82) is 0 Å². The summed E-state index contributed by atoms with van der Waals surface area (Å²) in [6.07, 6.45) is 0. The molecule has 52 heavy (non-hydrogen) atoms. The van der Waals surface area contributed by atoms with Gasteiger partial charge in [0.1, 0.15) is 0 Å². The van der Waals surface area contributed by atoms with E-state index in [0.717, 1.165) is 56.0 Å². The van der Waals surface area contributed by atoms with Crippen LogP contribution in [-0.4, -0.2) is 18.3 Å². The molecule has 8 aromatic heterocycles. The number of pyridine rings is 2. The molecule has 0 unspecified atom stereocenters. The van der Waals surface area contributed by atoms with E-state index in [2.05, 4.69) is 79.3 Å². The molecule has 11 rings (SSSR count). The van der Waals surface area contributed by atoms with E-state index in [4.69, 9.17) is 0 Å². The van der Waals surface area contributed by atoms with E-state index in [9.17, 15) is 9.59 Å². The van der Waals surface area contributed by atoms with Gasteiger partial charge in [-0.1, -0.05) is 24.3 Å². The summed E-state index contributed by atoms with van der Waals surface area (Å²) in [5, 5.41) is 6.90. The Labute approximate surface area is 312 Å². The zero-order chi connectivity index (χ0) is 35.2. The molecule has 0 radical (unpaired) electrons. The van der Waals surface area contributed by atoms with Crippen LogP contribution < -0.4 is 10.9 Å². The molecule has 0 N–H and O–H groups in total. The normalized spacial score (nSPS) is 12.5. The Kier molecular flexibility index (Phi) is 6.34.